The van der Waals surface area contributed by atoms with Crippen molar-refractivity contribution in [3.8, 4) is 0 Å². The van der Waals surface area contributed by atoms with Gasteiger partial charge in [-0.2, -0.15) is 0 Å². The van der Waals surface area contributed by atoms with Gasteiger partial charge in [-0.3, -0.25) is 9.79 Å². The number of benzene rings is 1. The minimum Gasteiger partial charge on any atom is -0.480 e. The largest absolute Gasteiger partial charge is 0.480 e. The van der Waals surface area contributed by atoms with Gasteiger partial charge in [0.15, 0.2) is 0 Å². The highest BCUT2D eigenvalue weighted by atomic mass is 16.4. The second kappa shape index (κ2) is 3.69. The summed E-state index contributed by atoms with van der Waals surface area (Å²) in [5, 5.41) is 9.32. The molecular formula is C12H11NO2. The fourth-order valence-electron chi connectivity index (χ4n) is 1.70. The number of carbonyl (C=O) groups is 1. The van der Waals surface area contributed by atoms with Gasteiger partial charge in [-0.15, -0.1) is 0 Å². The molecular weight excluding hydrogens is 190 g/mol. The van der Waals surface area contributed by atoms with Gasteiger partial charge >= 0.3 is 5.97 Å². The maximum Gasteiger partial charge on any atom is 0.319 e. The highest BCUT2D eigenvalue weighted by molar-refractivity contribution is 5.88. The Bertz CT molecular complexity index is 423. The number of nitrogens with zero attached hydrogens (tertiary/aromatic N) is 1. The average molecular weight is 201 g/mol. The number of allylic oxidation sites excluding steroid dienone is 1. The molecule has 0 aliphatic carbocycles. The molecule has 0 aromatic heterocycles. The average Bonchev–Trinajstić information content (AvgIpc) is 2.31. The monoisotopic (exact) mass is 201 g/mol. The van der Waals surface area contributed by atoms with Crippen LogP contribution in [-0.4, -0.2) is 23.8 Å². The normalized spacial score (nSPS) is 24.0. The van der Waals surface area contributed by atoms with Crippen LogP contribution < -0.4 is 0 Å². The number of aliphatic imine (C=N–C) groups is 1. The third-order valence-corrected chi connectivity index (χ3v) is 2.58. The lowest BCUT2D eigenvalue weighted by molar-refractivity contribution is -0.141. The molecule has 1 aromatic rings. The van der Waals surface area contributed by atoms with E-state index in [9.17, 15) is 9.90 Å². The van der Waals surface area contributed by atoms with Crippen LogP contribution in [0.15, 0.2) is 47.5 Å². The van der Waals surface area contributed by atoms with E-state index in [4.69, 9.17) is 0 Å². The summed E-state index contributed by atoms with van der Waals surface area (Å²) >= 11 is 0. The fraction of sp³-hybridized carbons (Fsp3) is 0.167. The molecule has 0 saturated heterocycles. The van der Waals surface area contributed by atoms with Crippen molar-refractivity contribution in [3.63, 3.8) is 0 Å². The van der Waals surface area contributed by atoms with Gasteiger partial charge in [-0.25, -0.2) is 0 Å². The molecule has 3 nitrogen and oxygen atoms in total. The van der Waals surface area contributed by atoms with E-state index in [2.05, 4.69) is 4.99 Å². The van der Waals surface area contributed by atoms with E-state index in [1.165, 1.54) is 0 Å². The molecule has 1 aliphatic rings. The summed E-state index contributed by atoms with van der Waals surface area (Å²) in [7, 11) is 0. The minimum atomic E-state index is -0.990. The van der Waals surface area contributed by atoms with E-state index in [-0.39, 0.29) is 6.54 Å². The second-order valence-electron chi connectivity index (χ2n) is 3.49. The first kappa shape index (κ1) is 9.65. The van der Waals surface area contributed by atoms with Gasteiger partial charge in [0.1, 0.15) is 5.41 Å². The van der Waals surface area contributed by atoms with Gasteiger partial charge in [0.25, 0.3) is 0 Å². The van der Waals surface area contributed by atoms with Crippen molar-refractivity contribution in [1.29, 1.82) is 0 Å². The molecule has 1 aromatic carbocycles. The molecule has 1 atom stereocenters. The van der Waals surface area contributed by atoms with Crippen molar-refractivity contribution >= 4 is 12.2 Å². The van der Waals surface area contributed by atoms with Crippen LogP contribution in [0.1, 0.15) is 5.56 Å². The summed E-state index contributed by atoms with van der Waals surface area (Å²) in [6.45, 7) is 0.267. The molecule has 3 heteroatoms. The van der Waals surface area contributed by atoms with Gasteiger partial charge < -0.3 is 5.11 Å². The zero-order valence-corrected chi connectivity index (χ0v) is 8.13. The molecule has 1 unspecified atom stereocenters. The van der Waals surface area contributed by atoms with E-state index in [0.29, 0.717) is 0 Å². The number of carboxylic acids is 1. The highest BCUT2D eigenvalue weighted by Gasteiger charge is 2.38. The highest BCUT2D eigenvalue weighted by Crippen LogP contribution is 2.28. The SMILES string of the molecule is O=C(O)C1(c2ccccc2)C=CC=NC1. The number of rotatable bonds is 2. The first-order valence-corrected chi connectivity index (χ1v) is 4.72. The lowest BCUT2D eigenvalue weighted by atomic mass is 9.79. The predicted molar refractivity (Wildman–Crippen MR) is 58.3 cm³/mol. The molecule has 1 aliphatic heterocycles. The van der Waals surface area contributed by atoms with Gasteiger partial charge in [-0.1, -0.05) is 36.4 Å². The third-order valence-electron chi connectivity index (χ3n) is 2.58. The molecule has 0 spiro atoms. The lowest BCUT2D eigenvalue weighted by Gasteiger charge is -2.26. The van der Waals surface area contributed by atoms with Gasteiger partial charge in [0, 0.05) is 6.21 Å². The molecule has 2 rings (SSSR count). The van der Waals surface area contributed by atoms with Crippen LogP contribution >= 0.6 is 0 Å². The van der Waals surface area contributed by atoms with Crippen LogP contribution in [0.4, 0.5) is 0 Å². The number of carboxylic acid groups (broad SMARTS) is 1. The number of hydrogen-bond donors (Lipinski definition) is 1. The van der Waals surface area contributed by atoms with Crippen LogP contribution in [0.25, 0.3) is 0 Å². The fourth-order valence-corrected chi connectivity index (χ4v) is 1.70. The Labute approximate surface area is 87.8 Å². The van der Waals surface area contributed by atoms with Crippen molar-refractivity contribution in [2.24, 2.45) is 4.99 Å². The van der Waals surface area contributed by atoms with Crippen molar-refractivity contribution in [3.05, 3.63) is 48.0 Å². The number of dihydropyridines is 1. The van der Waals surface area contributed by atoms with Crippen molar-refractivity contribution in [2.45, 2.75) is 5.41 Å². The topological polar surface area (TPSA) is 49.7 Å². The summed E-state index contributed by atoms with van der Waals surface area (Å²) in [5.74, 6) is -0.859. The Hall–Kier alpha value is -1.90. The van der Waals surface area contributed by atoms with Crippen LogP contribution in [0.3, 0.4) is 0 Å². The van der Waals surface area contributed by atoms with Gasteiger partial charge in [0.05, 0.1) is 6.54 Å². The second-order valence-corrected chi connectivity index (χ2v) is 3.49. The van der Waals surface area contributed by atoms with Crippen molar-refractivity contribution in [2.75, 3.05) is 6.54 Å². The first-order valence-electron chi connectivity index (χ1n) is 4.72. The van der Waals surface area contributed by atoms with Crippen LogP contribution in [0.5, 0.6) is 0 Å². The predicted octanol–water partition coefficient (Wildman–Crippen LogP) is 1.65. The quantitative estimate of drug-likeness (QED) is 0.790. The van der Waals surface area contributed by atoms with Crippen LogP contribution in [0, 0.1) is 0 Å². The van der Waals surface area contributed by atoms with E-state index in [1.54, 1.807) is 18.4 Å². The van der Waals surface area contributed by atoms with E-state index < -0.39 is 11.4 Å². The Morgan fingerprint density at radius 1 is 1.33 bits per heavy atom. The summed E-state index contributed by atoms with van der Waals surface area (Å²) in [4.78, 5) is 15.4. The standard InChI is InChI=1S/C12H11NO2/c14-11(15)12(7-4-8-13-9-12)10-5-2-1-3-6-10/h1-8H,9H2,(H,14,15). The Kier molecular flexibility index (Phi) is 2.37. The van der Waals surface area contributed by atoms with Crippen molar-refractivity contribution in [1.82, 2.24) is 0 Å². The Balaban J connectivity index is 2.49. The van der Waals surface area contributed by atoms with Crippen molar-refractivity contribution < 1.29 is 9.90 Å². The van der Waals surface area contributed by atoms with E-state index in [0.717, 1.165) is 5.56 Å². The maximum absolute atomic E-state index is 11.4. The van der Waals surface area contributed by atoms with E-state index >= 15 is 0 Å². The molecule has 0 radical (unpaired) electrons. The lowest BCUT2D eigenvalue weighted by Crippen LogP contribution is -2.38. The number of hydrogen-bond acceptors (Lipinski definition) is 2. The summed E-state index contributed by atoms with van der Waals surface area (Å²) in [5.41, 5.74) is -0.221. The van der Waals surface area contributed by atoms with E-state index in [1.807, 2.05) is 30.3 Å². The molecule has 1 N–H and O–H groups in total. The molecule has 76 valence electrons. The first-order chi connectivity index (χ1) is 7.26. The molecule has 0 bridgehead atoms. The molecule has 0 saturated carbocycles. The maximum atomic E-state index is 11.4. The van der Waals surface area contributed by atoms with Crippen LogP contribution in [0.2, 0.25) is 0 Å². The molecule has 0 fully saturated rings. The molecule has 15 heavy (non-hydrogen) atoms. The zero-order valence-electron chi connectivity index (χ0n) is 8.13. The smallest absolute Gasteiger partial charge is 0.319 e. The summed E-state index contributed by atoms with van der Waals surface area (Å²) in [6, 6.07) is 9.19. The Morgan fingerprint density at radius 3 is 2.60 bits per heavy atom. The number of aliphatic carboxylic acids is 1. The minimum absolute atomic E-state index is 0.267. The zero-order chi connectivity index (χ0) is 10.7. The van der Waals surface area contributed by atoms with Crippen LogP contribution in [-0.2, 0) is 10.2 Å². The van der Waals surface area contributed by atoms with Gasteiger partial charge in [-0.05, 0) is 11.6 Å². The summed E-state index contributed by atoms with van der Waals surface area (Å²) < 4.78 is 0. The Morgan fingerprint density at radius 2 is 2.07 bits per heavy atom. The molecule has 1 heterocycles. The van der Waals surface area contributed by atoms with Gasteiger partial charge in [0.2, 0.25) is 0 Å². The third kappa shape index (κ3) is 1.56. The molecule has 0 amide bonds. The summed E-state index contributed by atoms with van der Waals surface area (Å²) in [6.07, 6.45) is 5.01.